The normalized spacial score (nSPS) is 24.2. The van der Waals surface area contributed by atoms with E-state index in [0.29, 0.717) is 12.1 Å². The van der Waals surface area contributed by atoms with E-state index < -0.39 is 0 Å². The molecular weight excluding hydrogens is 250 g/mol. The fourth-order valence-corrected chi connectivity index (χ4v) is 2.91. The molecule has 4 heteroatoms. The van der Waals surface area contributed by atoms with E-state index in [1.165, 1.54) is 6.42 Å². The van der Waals surface area contributed by atoms with Gasteiger partial charge in [-0.05, 0) is 25.3 Å². The summed E-state index contributed by atoms with van der Waals surface area (Å²) in [6.45, 7) is 10.6. The largest absolute Gasteiger partial charge is 0.314 e. The van der Waals surface area contributed by atoms with E-state index in [-0.39, 0.29) is 5.56 Å². The maximum absolute atomic E-state index is 11.7. The van der Waals surface area contributed by atoms with Crippen molar-refractivity contribution in [2.75, 3.05) is 19.6 Å². The molecule has 20 heavy (non-hydrogen) atoms. The van der Waals surface area contributed by atoms with Gasteiger partial charge >= 0.3 is 0 Å². The summed E-state index contributed by atoms with van der Waals surface area (Å²) in [5, 5.41) is 3.63. The highest BCUT2D eigenvalue weighted by molar-refractivity contribution is 4.93. The Kier molecular flexibility index (Phi) is 5.38. The standard InChI is InChI=1S/C16H27N3O/c1-13(2)10-15-12-19(14(3)11-17-15)9-8-18-7-5-4-6-16(18)20/h4-7,13-15,17H,8-12H2,1-3H3. The Morgan fingerprint density at radius 1 is 1.35 bits per heavy atom. The third-order valence-electron chi connectivity index (χ3n) is 4.06. The second-order valence-electron chi connectivity index (χ2n) is 6.31. The maximum Gasteiger partial charge on any atom is 0.250 e. The van der Waals surface area contributed by atoms with Gasteiger partial charge in [0.2, 0.25) is 0 Å². The smallest absolute Gasteiger partial charge is 0.250 e. The van der Waals surface area contributed by atoms with Crippen LogP contribution < -0.4 is 10.9 Å². The summed E-state index contributed by atoms with van der Waals surface area (Å²) in [4.78, 5) is 14.2. The summed E-state index contributed by atoms with van der Waals surface area (Å²) in [5.41, 5.74) is 0.0917. The van der Waals surface area contributed by atoms with Crippen LogP contribution in [0.1, 0.15) is 27.2 Å². The van der Waals surface area contributed by atoms with Gasteiger partial charge in [0.1, 0.15) is 0 Å². The summed E-state index contributed by atoms with van der Waals surface area (Å²) < 4.78 is 1.80. The van der Waals surface area contributed by atoms with Crippen molar-refractivity contribution < 1.29 is 0 Å². The van der Waals surface area contributed by atoms with E-state index in [1.807, 2.05) is 12.3 Å². The first-order valence-corrected chi connectivity index (χ1v) is 7.69. The Labute approximate surface area is 121 Å². The molecule has 1 aliphatic heterocycles. The lowest BCUT2D eigenvalue weighted by molar-refractivity contribution is 0.127. The fraction of sp³-hybridized carbons (Fsp3) is 0.688. The Hall–Kier alpha value is -1.13. The summed E-state index contributed by atoms with van der Waals surface area (Å²) >= 11 is 0. The zero-order chi connectivity index (χ0) is 14.5. The molecule has 4 nitrogen and oxygen atoms in total. The summed E-state index contributed by atoms with van der Waals surface area (Å²) in [5.74, 6) is 0.722. The van der Waals surface area contributed by atoms with E-state index in [0.717, 1.165) is 32.1 Å². The molecule has 2 rings (SSSR count). The first-order valence-electron chi connectivity index (χ1n) is 7.69. The molecule has 0 saturated carbocycles. The molecule has 0 bridgehead atoms. The average Bonchev–Trinajstić information content (AvgIpc) is 2.40. The van der Waals surface area contributed by atoms with Crippen LogP contribution in [0.4, 0.5) is 0 Å². The van der Waals surface area contributed by atoms with Crippen LogP contribution in [0, 0.1) is 5.92 Å². The minimum Gasteiger partial charge on any atom is -0.314 e. The number of nitrogens with zero attached hydrogens (tertiary/aromatic N) is 2. The van der Waals surface area contributed by atoms with Crippen molar-refractivity contribution in [3.63, 3.8) is 0 Å². The third-order valence-corrected chi connectivity index (χ3v) is 4.06. The molecule has 1 saturated heterocycles. The van der Waals surface area contributed by atoms with Crippen molar-refractivity contribution in [1.82, 2.24) is 14.8 Å². The second-order valence-corrected chi connectivity index (χ2v) is 6.31. The Balaban J connectivity index is 1.90. The van der Waals surface area contributed by atoms with Crippen molar-refractivity contribution in [2.45, 2.75) is 45.8 Å². The molecule has 1 N–H and O–H groups in total. The van der Waals surface area contributed by atoms with Crippen LogP contribution in [0.25, 0.3) is 0 Å². The molecule has 1 fully saturated rings. The lowest BCUT2D eigenvalue weighted by atomic mass is 10.0. The number of piperazine rings is 1. The van der Waals surface area contributed by atoms with E-state index in [9.17, 15) is 4.79 Å². The zero-order valence-electron chi connectivity index (χ0n) is 12.9. The van der Waals surface area contributed by atoms with Crippen molar-refractivity contribution in [3.05, 3.63) is 34.7 Å². The number of hydrogen-bond acceptors (Lipinski definition) is 3. The highest BCUT2D eigenvalue weighted by Crippen LogP contribution is 2.13. The van der Waals surface area contributed by atoms with Gasteiger partial charge in [-0.25, -0.2) is 0 Å². The number of nitrogens with one attached hydrogen (secondary N) is 1. The first-order chi connectivity index (χ1) is 9.56. The third kappa shape index (κ3) is 4.18. The zero-order valence-corrected chi connectivity index (χ0v) is 12.9. The molecule has 2 unspecified atom stereocenters. The van der Waals surface area contributed by atoms with Gasteiger partial charge in [-0.3, -0.25) is 9.69 Å². The lowest BCUT2D eigenvalue weighted by Crippen LogP contribution is -2.56. The molecule has 112 valence electrons. The number of rotatable bonds is 5. The first kappa shape index (κ1) is 15.3. The predicted molar refractivity (Wildman–Crippen MR) is 83.0 cm³/mol. The van der Waals surface area contributed by atoms with Gasteiger partial charge in [0.05, 0.1) is 0 Å². The van der Waals surface area contributed by atoms with E-state index in [1.54, 1.807) is 16.7 Å². The van der Waals surface area contributed by atoms with Crippen molar-refractivity contribution >= 4 is 0 Å². The molecule has 0 radical (unpaired) electrons. The van der Waals surface area contributed by atoms with Gasteiger partial charge in [-0.2, -0.15) is 0 Å². The maximum atomic E-state index is 11.7. The fourth-order valence-electron chi connectivity index (χ4n) is 2.91. The van der Waals surface area contributed by atoms with E-state index in [4.69, 9.17) is 0 Å². The van der Waals surface area contributed by atoms with Crippen LogP contribution in [0.5, 0.6) is 0 Å². The number of pyridine rings is 1. The Morgan fingerprint density at radius 3 is 2.85 bits per heavy atom. The van der Waals surface area contributed by atoms with Crippen molar-refractivity contribution in [2.24, 2.45) is 5.92 Å². The predicted octanol–water partition coefficient (Wildman–Crippen LogP) is 1.56. The summed E-state index contributed by atoms with van der Waals surface area (Å²) in [7, 11) is 0. The van der Waals surface area contributed by atoms with Crippen LogP contribution in [0.3, 0.4) is 0 Å². The SMILES string of the molecule is CC(C)CC1CN(CCn2ccccc2=O)C(C)CN1. The van der Waals surface area contributed by atoms with Gasteiger partial charge < -0.3 is 9.88 Å². The molecule has 2 atom stereocenters. The highest BCUT2D eigenvalue weighted by Gasteiger charge is 2.24. The van der Waals surface area contributed by atoms with Gasteiger partial charge in [-0.1, -0.05) is 19.9 Å². The molecular formula is C16H27N3O. The summed E-state index contributed by atoms with van der Waals surface area (Å²) in [6, 6.07) is 6.47. The van der Waals surface area contributed by atoms with Crippen molar-refractivity contribution in [1.29, 1.82) is 0 Å². The molecule has 1 aromatic rings. The molecule has 0 aromatic carbocycles. The quantitative estimate of drug-likeness (QED) is 0.887. The topological polar surface area (TPSA) is 37.3 Å². The lowest BCUT2D eigenvalue weighted by Gasteiger charge is -2.39. The van der Waals surface area contributed by atoms with Crippen LogP contribution in [-0.4, -0.2) is 41.2 Å². The Morgan fingerprint density at radius 2 is 2.15 bits per heavy atom. The average molecular weight is 277 g/mol. The van der Waals surface area contributed by atoms with E-state index in [2.05, 4.69) is 31.0 Å². The van der Waals surface area contributed by atoms with Gasteiger partial charge in [0.25, 0.3) is 5.56 Å². The van der Waals surface area contributed by atoms with Crippen LogP contribution in [-0.2, 0) is 6.54 Å². The van der Waals surface area contributed by atoms with Crippen LogP contribution in [0.2, 0.25) is 0 Å². The van der Waals surface area contributed by atoms with Gasteiger partial charge in [0.15, 0.2) is 0 Å². The molecule has 1 aromatic heterocycles. The molecule has 0 spiro atoms. The highest BCUT2D eigenvalue weighted by atomic mass is 16.1. The number of aromatic nitrogens is 1. The second kappa shape index (κ2) is 7.04. The number of hydrogen-bond donors (Lipinski definition) is 1. The van der Waals surface area contributed by atoms with Gasteiger partial charge in [0, 0.05) is 50.5 Å². The molecule has 1 aliphatic rings. The Bertz CT molecular complexity index is 469. The monoisotopic (exact) mass is 277 g/mol. The summed E-state index contributed by atoms with van der Waals surface area (Å²) in [6.07, 6.45) is 3.09. The van der Waals surface area contributed by atoms with Crippen LogP contribution in [0.15, 0.2) is 29.2 Å². The van der Waals surface area contributed by atoms with Gasteiger partial charge in [-0.15, -0.1) is 0 Å². The minimum absolute atomic E-state index is 0.0917. The molecule has 2 heterocycles. The molecule has 0 amide bonds. The van der Waals surface area contributed by atoms with Crippen LogP contribution >= 0.6 is 0 Å². The molecule has 0 aliphatic carbocycles. The van der Waals surface area contributed by atoms with E-state index >= 15 is 0 Å². The van der Waals surface area contributed by atoms with Crippen molar-refractivity contribution in [3.8, 4) is 0 Å². The minimum atomic E-state index is 0.0917.